The molecule has 1 saturated carbocycles. The van der Waals surface area contributed by atoms with Crippen LogP contribution in [0.1, 0.15) is 38.7 Å². The third-order valence-corrected chi connectivity index (χ3v) is 3.46. The first-order chi connectivity index (χ1) is 8.70. The van der Waals surface area contributed by atoms with Gasteiger partial charge in [-0.15, -0.1) is 0 Å². The molecule has 0 unspecified atom stereocenters. The fourth-order valence-electron chi connectivity index (χ4n) is 2.17. The summed E-state index contributed by atoms with van der Waals surface area (Å²) in [7, 11) is 0. The van der Waals surface area contributed by atoms with E-state index >= 15 is 0 Å². The fraction of sp³-hybridized carbons (Fsp3) is 0.643. The predicted molar refractivity (Wildman–Crippen MR) is 74.9 cm³/mol. The maximum atomic E-state index is 5.51. The maximum Gasteiger partial charge on any atom is 0.144 e. The minimum atomic E-state index is 0.757. The molecule has 0 aromatic carbocycles. The van der Waals surface area contributed by atoms with Crippen LogP contribution >= 0.6 is 0 Å². The van der Waals surface area contributed by atoms with Gasteiger partial charge in [-0.25, -0.2) is 10.8 Å². The van der Waals surface area contributed by atoms with Crippen molar-refractivity contribution in [2.24, 2.45) is 11.8 Å². The summed E-state index contributed by atoms with van der Waals surface area (Å²) in [6.45, 7) is 6.68. The average Bonchev–Trinajstić information content (AvgIpc) is 3.19. The van der Waals surface area contributed by atoms with Crippen LogP contribution in [-0.2, 0) is 6.54 Å². The first-order valence-electron chi connectivity index (χ1n) is 6.85. The van der Waals surface area contributed by atoms with Crippen molar-refractivity contribution in [3.8, 4) is 0 Å². The van der Waals surface area contributed by atoms with Crippen molar-refractivity contribution in [2.45, 2.75) is 45.7 Å². The molecule has 100 valence electrons. The molecule has 1 fully saturated rings. The second-order valence-corrected chi connectivity index (χ2v) is 5.54. The summed E-state index contributed by atoms with van der Waals surface area (Å²) in [5.41, 5.74) is 3.88. The Morgan fingerprint density at radius 3 is 2.89 bits per heavy atom. The van der Waals surface area contributed by atoms with Crippen molar-refractivity contribution in [1.29, 1.82) is 0 Å². The molecule has 1 aliphatic carbocycles. The summed E-state index contributed by atoms with van der Waals surface area (Å²) in [4.78, 5) is 6.83. The summed E-state index contributed by atoms with van der Waals surface area (Å²) in [5.74, 6) is 7.06. The van der Waals surface area contributed by atoms with E-state index in [1.54, 1.807) is 6.20 Å². The van der Waals surface area contributed by atoms with E-state index in [1.807, 2.05) is 6.07 Å². The monoisotopic (exact) mass is 248 g/mol. The quantitative estimate of drug-likeness (QED) is 0.574. The number of hydrogen-bond donors (Lipinski definition) is 2. The van der Waals surface area contributed by atoms with Gasteiger partial charge in [0.25, 0.3) is 0 Å². The summed E-state index contributed by atoms with van der Waals surface area (Å²) >= 11 is 0. The second kappa shape index (κ2) is 6.16. The van der Waals surface area contributed by atoms with Crippen molar-refractivity contribution in [2.75, 3.05) is 12.0 Å². The zero-order valence-electron chi connectivity index (χ0n) is 11.4. The van der Waals surface area contributed by atoms with Gasteiger partial charge in [0.05, 0.1) is 0 Å². The highest BCUT2D eigenvalue weighted by atomic mass is 15.3. The third-order valence-electron chi connectivity index (χ3n) is 3.46. The number of hydrogen-bond acceptors (Lipinski definition) is 4. The molecule has 1 aromatic heterocycles. The predicted octanol–water partition coefficient (Wildman–Crippen LogP) is 2.38. The Balaban J connectivity index is 1.99. The number of pyridine rings is 1. The van der Waals surface area contributed by atoms with Gasteiger partial charge in [0.2, 0.25) is 0 Å². The molecule has 0 radical (unpaired) electrons. The highest BCUT2D eigenvalue weighted by Gasteiger charge is 2.29. The van der Waals surface area contributed by atoms with Gasteiger partial charge < -0.3 is 5.43 Å². The second-order valence-electron chi connectivity index (χ2n) is 5.54. The van der Waals surface area contributed by atoms with Gasteiger partial charge in [-0.1, -0.05) is 19.9 Å². The first kappa shape index (κ1) is 13.3. The molecule has 0 aliphatic heterocycles. The van der Waals surface area contributed by atoms with Gasteiger partial charge in [0.1, 0.15) is 5.82 Å². The minimum Gasteiger partial charge on any atom is -0.308 e. The van der Waals surface area contributed by atoms with Crippen molar-refractivity contribution >= 4 is 5.82 Å². The van der Waals surface area contributed by atoms with Crippen LogP contribution in [0.15, 0.2) is 18.3 Å². The average molecular weight is 248 g/mol. The van der Waals surface area contributed by atoms with Gasteiger partial charge in [-0.2, -0.15) is 0 Å². The van der Waals surface area contributed by atoms with Crippen molar-refractivity contribution in [1.82, 2.24) is 9.88 Å². The highest BCUT2D eigenvalue weighted by molar-refractivity contribution is 5.42. The van der Waals surface area contributed by atoms with E-state index in [2.05, 4.69) is 35.2 Å². The molecule has 4 heteroatoms. The Morgan fingerprint density at radius 1 is 1.50 bits per heavy atom. The molecular weight excluding hydrogens is 224 g/mol. The smallest absolute Gasteiger partial charge is 0.144 e. The number of hydrazine groups is 1. The van der Waals surface area contributed by atoms with E-state index in [9.17, 15) is 0 Å². The van der Waals surface area contributed by atoms with E-state index in [0.29, 0.717) is 0 Å². The topological polar surface area (TPSA) is 54.2 Å². The lowest BCUT2D eigenvalue weighted by atomic mass is 10.1. The summed E-state index contributed by atoms with van der Waals surface area (Å²) in [6.07, 6.45) is 5.70. The number of nitrogen functional groups attached to an aromatic ring is 1. The summed E-state index contributed by atoms with van der Waals surface area (Å²) < 4.78 is 0. The standard InChI is InChI=1S/C14H24N4/c1-11(2)7-9-18(13-5-6-13)10-12-4-3-8-16-14(12)17-15/h3-4,8,11,13H,5-7,9-10,15H2,1-2H3,(H,16,17). The van der Waals surface area contributed by atoms with Gasteiger partial charge in [0, 0.05) is 24.3 Å². The van der Waals surface area contributed by atoms with Crippen LogP contribution in [0.25, 0.3) is 0 Å². The molecule has 0 saturated heterocycles. The van der Waals surface area contributed by atoms with Gasteiger partial charge in [-0.05, 0) is 37.8 Å². The SMILES string of the molecule is CC(C)CCN(Cc1cccnc1NN)C1CC1. The number of rotatable bonds is 7. The largest absolute Gasteiger partial charge is 0.308 e. The lowest BCUT2D eigenvalue weighted by Crippen LogP contribution is -2.28. The molecular formula is C14H24N4. The molecule has 3 N–H and O–H groups in total. The van der Waals surface area contributed by atoms with Crippen LogP contribution in [0.5, 0.6) is 0 Å². The Labute approximate surface area is 110 Å². The van der Waals surface area contributed by atoms with Gasteiger partial charge >= 0.3 is 0 Å². The molecule has 1 aliphatic rings. The van der Waals surface area contributed by atoms with Crippen LogP contribution in [0.3, 0.4) is 0 Å². The zero-order valence-corrected chi connectivity index (χ0v) is 11.4. The van der Waals surface area contributed by atoms with E-state index in [0.717, 1.165) is 24.3 Å². The molecule has 0 atom stereocenters. The molecule has 2 rings (SSSR count). The number of aromatic nitrogens is 1. The molecule has 0 spiro atoms. The van der Waals surface area contributed by atoms with Crippen molar-refractivity contribution < 1.29 is 0 Å². The minimum absolute atomic E-state index is 0.757. The first-order valence-corrected chi connectivity index (χ1v) is 6.85. The summed E-state index contributed by atoms with van der Waals surface area (Å²) in [6, 6.07) is 4.85. The van der Waals surface area contributed by atoms with Crippen molar-refractivity contribution in [3.05, 3.63) is 23.9 Å². The van der Waals surface area contributed by atoms with E-state index in [1.165, 1.54) is 31.4 Å². The van der Waals surface area contributed by atoms with Gasteiger partial charge in [0.15, 0.2) is 0 Å². The highest BCUT2D eigenvalue weighted by Crippen LogP contribution is 2.29. The molecule has 18 heavy (non-hydrogen) atoms. The van der Waals surface area contributed by atoms with Crippen molar-refractivity contribution in [3.63, 3.8) is 0 Å². The number of nitrogens with two attached hydrogens (primary N) is 1. The van der Waals surface area contributed by atoms with E-state index < -0.39 is 0 Å². The summed E-state index contributed by atoms with van der Waals surface area (Å²) in [5, 5.41) is 0. The Kier molecular flexibility index (Phi) is 4.55. The number of nitrogens with one attached hydrogen (secondary N) is 1. The normalized spacial score (nSPS) is 15.4. The van der Waals surface area contributed by atoms with Crippen LogP contribution in [0, 0.1) is 5.92 Å². The van der Waals surface area contributed by atoms with Crippen LogP contribution in [0.4, 0.5) is 5.82 Å². The zero-order chi connectivity index (χ0) is 13.0. The maximum absolute atomic E-state index is 5.51. The van der Waals surface area contributed by atoms with E-state index in [-0.39, 0.29) is 0 Å². The number of anilines is 1. The Morgan fingerprint density at radius 2 is 2.28 bits per heavy atom. The molecule has 1 aromatic rings. The molecule has 0 amide bonds. The Bertz CT molecular complexity index is 374. The molecule has 1 heterocycles. The number of nitrogens with zero attached hydrogens (tertiary/aromatic N) is 2. The molecule has 4 nitrogen and oxygen atoms in total. The van der Waals surface area contributed by atoms with E-state index in [4.69, 9.17) is 5.84 Å². The lowest BCUT2D eigenvalue weighted by Gasteiger charge is -2.23. The lowest BCUT2D eigenvalue weighted by molar-refractivity contribution is 0.239. The molecule has 0 bridgehead atoms. The van der Waals surface area contributed by atoms with Crippen LogP contribution < -0.4 is 11.3 Å². The van der Waals surface area contributed by atoms with Gasteiger partial charge in [-0.3, -0.25) is 4.90 Å². The third kappa shape index (κ3) is 3.68. The van der Waals surface area contributed by atoms with Crippen LogP contribution in [-0.4, -0.2) is 22.5 Å². The Hall–Kier alpha value is -1.13. The fourth-order valence-corrected chi connectivity index (χ4v) is 2.17. The van der Waals surface area contributed by atoms with Crippen LogP contribution in [0.2, 0.25) is 0 Å².